The van der Waals surface area contributed by atoms with Gasteiger partial charge in [-0.15, -0.1) is 0 Å². The molecular formula is C14H18N2O3S. The molecule has 0 saturated heterocycles. The van der Waals surface area contributed by atoms with Crippen molar-refractivity contribution in [2.45, 2.75) is 32.1 Å². The van der Waals surface area contributed by atoms with Crippen LogP contribution < -0.4 is 4.72 Å². The van der Waals surface area contributed by atoms with Crippen molar-refractivity contribution in [2.75, 3.05) is 6.54 Å². The Labute approximate surface area is 119 Å². The zero-order chi connectivity index (χ0) is 14.8. The first kappa shape index (κ1) is 14.7. The number of nitrogens with one attached hydrogen (secondary N) is 1. The summed E-state index contributed by atoms with van der Waals surface area (Å²) in [4.78, 5) is 4.35. The maximum Gasteiger partial charge on any atom is 0.240 e. The van der Waals surface area contributed by atoms with Crippen molar-refractivity contribution in [3.05, 3.63) is 47.2 Å². The lowest BCUT2D eigenvalue weighted by atomic mass is 10.2. The van der Waals surface area contributed by atoms with Gasteiger partial charge >= 0.3 is 0 Å². The van der Waals surface area contributed by atoms with Crippen LogP contribution in [0.4, 0.5) is 0 Å². The Morgan fingerprint density at radius 1 is 1.25 bits per heavy atom. The number of benzene rings is 1. The van der Waals surface area contributed by atoms with Gasteiger partial charge in [0.15, 0.2) is 5.89 Å². The molecule has 1 N–H and O–H groups in total. The van der Waals surface area contributed by atoms with Crippen molar-refractivity contribution in [1.82, 2.24) is 9.71 Å². The van der Waals surface area contributed by atoms with Crippen molar-refractivity contribution in [2.24, 2.45) is 0 Å². The van der Waals surface area contributed by atoms with E-state index in [-0.39, 0.29) is 6.54 Å². The van der Waals surface area contributed by atoms with Crippen LogP contribution in [-0.4, -0.2) is 19.9 Å². The fourth-order valence-electron chi connectivity index (χ4n) is 1.99. The largest absolute Gasteiger partial charge is 0.446 e. The summed E-state index contributed by atoms with van der Waals surface area (Å²) in [6.45, 7) is 5.78. The normalized spacial score (nSPS) is 11.8. The molecule has 5 nitrogen and oxygen atoms in total. The number of hydrogen-bond donors (Lipinski definition) is 1. The van der Waals surface area contributed by atoms with E-state index in [1.165, 1.54) is 0 Å². The van der Waals surface area contributed by atoms with Crippen LogP contribution in [0.1, 0.15) is 22.8 Å². The van der Waals surface area contributed by atoms with Gasteiger partial charge in [-0.25, -0.2) is 18.1 Å². The number of oxazole rings is 1. The van der Waals surface area contributed by atoms with Crippen molar-refractivity contribution in [3.63, 3.8) is 0 Å². The molecule has 0 spiro atoms. The van der Waals surface area contributed by atoms with Gasteiger partial charge in [0.25, 0.3) is 0 Å². The molecule has 0 saturated carbocycles. The molecule has 0 aliphatic carbocycles. The highest BCUT2D eigenvalue weighted by Gasteiger charge is 2.16. The van der Waals surface area contributed by atoms with Gasteiger partial charge in [0, 0.05) is 13.0 Å². The Morgan fingerprint density at radius 3 is 2.60 bits per heavy atom. The predicted octanol–water partition coefficient (Wildman–Crippen LogP) is 2.12. The Kier molecular flexibility index (Phi) is 4.25. The fraction of sp³-hybridized carbons (Fsp3) is 0.357. The van der Waals surface area contributed by atoms with Crippen LogP contribution in [0.25, 0.3) is 0 Å². The van der Waals surface area contributed by atoms with E-state index in [1.807, 2.05) is 13.0 Å². The third-order valence-corrected chi connectivity index (χ3v) is 4.54. The molecule has 0 aliphatic rings. The highest BCUT2D eigenvalue weighted by molar-refractivity contribution is 7.89. The third-order valence-electron chi connectivity index (χ3n) is 2.92. The molecule has 0 radical (unpaired) electrons. The highest BCUT2D eigenvalue weighted by atomic mass is 32.2. The topological polar surface area (TPSA) is 72.2 Å². The molecule has 108 valence electrons. The van der Waals surface area contributed by atoms with Crippen LogP contribution in [0.2, 0.25) is 0 Å². The second kappa shape index (κ2) is 5.76. The van der Waals surface area contributed by atoms with Gasteiger partial charge in [-0.3, -0.25) is 0 Å². The Bertz CT molecular complexity index is 705. The molecule has 1 heterocycles. The Morgan fingerprint density at radius 2 is 2.00 bits per heavy atom. The molecule has 1 aromatic carbocycles. The fourth-order valence-corrected chi connectivity index (χ4v) is 3.24. The minimum atomic E-state index is -3.49. The van der Waals surface area contributed by atoms with Crippen LogP contribution >= 0.6 is 0 Å². The van der Waals surface area contributed by atoms with E-state index in [9.17, 15) is 8.42 Å². The van der Waals surface area contributed by atoms with Crippen LogP contribution in [0.5, 0.6) is 0 Å². The first-order valence-electron chi connectivity index (χ1n) is 6.37. The second-order valence-electron chi connectivity index (χ2n) is 4.78. The van der Waals surface area contributed by atoms with Crippen molar-refractivity contribution < 1.29 is 12.8 Å². The van der Waals surface area contributed by atoms with Gasteiger partial charge in [-0.2, -0.15) is 0 Å². The standard InChI is InChI=1S/C14H18N2O3S/c1-10-4-5-13(11(2)8-10)20(17,18)16-7-6-14-15-9-12(3)19-14/h4-5,8-9,16H,6-7H2,1-3H3. The molecule has 0 unspecified atom stereocenters. The van der Waals surface area contributed by atoms with E-state index in [1.54, 1.807) is 32.2 Å². The number of sulfonamides is 1. The van der Waals surface area contributed by atoms with Crippen molar-refractivity contribution in [3.8, 4) is 0 Å². The van der Waals surface area contributed by atoms with Crippen LogP contribution in [0.3, 0.4) is 0 Å². The quantitative estimate of drug-likeness (QED) is 0.917. The molecule has 2 aromatic rings. The molecule has 0 fully saturated rings. The lowest BCUT2D eigenvalue weighted by Crippen LogP contribution is -2.26. The van der Waals surface area contributed by atoms with E-state index in [4.69, 9.17) is 4.42 Å². The van der Waals surface area contributed by atoms with Gasteiger partial charge < -0.3 is 4.42 Å². The first-order valence-corrected chi connectivity index (χ1v) is 7.85. The highest BCUT2D eigenvalue weighted by Crippen LogP contribution is 2.16. The average molecular weight is 294 g/mol. The molecular weight excluding hydrogens is 276 g/mol. The molecule has 0 atom stereocenters. The molecule has 0 aliphatic heterocycles. The summed E-state index contributed by atoms with van der Waals surface area (Å²) in [7, 11) is -3.49. The van der Waals surface area contributed by atoms with Gasteiger partial charge in [0.05, 0.1) is 11.1 Å². The second-order valence-corrected chi connectivity index (χ2v) is 6.52. The summed E-state index contributed by atoms with van der Waals surface area (Å²) in [6, 6.07) is 5.27. The third kappa shape index (κ3) is 3.46. The van der Waals surface area contributed by atoms with E-state index >= 15 is 0 Å². The minimum absolute atomic E-state index is 0.260. The number of rotatable bonds is 5. The smallest absolute Gasteiger partial charge is 0.240 e. The van der Waals surface area contributed by atoms with Gasteiger partial charge in [-0.1, -0.05) is 17.7 Å². The molecule has 2 rings (SSSR count). The monoisotopic (exact) mass is 294 g/mol. The molecule has 0 bridgehead atoms. The lowest BCUT2D eigenvalue weighted by molar-refractivity contribution is 0.469. The Balaban J connectivity index is 2.04. The minimum Gasteiger partial charge on any atom is -0.446 e. The van der Waals surface area contributed by atoms with Gasteiger partial charge in [-0.05, 0) is 32.4 Å². The van der Waals surface area contributed by atoms with Crippen LogP contribution in [-0.2, 0) is 16.4 Å². The van der Waals surface area contributed by atoms with Gasteiger partial charge in [0.1, 0.15) is 5.76 Å². The summed E-state index contributed by atoms with van der Waals surface area (Å²) in [5, 5.41) is 0. The summed E-state index contributed by atoms with van der Waals surface area (Å²) in [6.07, 6.45) is 2.05. The zero-order valence-corrected chi connectivity index (χ0v) is 12.6. The van der Waals surface area contributed by atoms with Crippen LogP contribution in [0.15, 0.2) is 33.7 Å². The first-order chi connectivity index (χ1) is 9.38. The predicted molar refractivity (Wildman–Crippen MR) is 76.0 cm³/mol. The van der Waals surface area contributed by atoms with Crippen molar-refractivity contribution >= 4 is 10.0 Å². The van der Waals surface area contributed by atoms with Gasteiger partial charge in [0.2, 0.25) is 10.0 Å². The summed E-state index contributed by atoms with van der Waals surface area (Å²) < 4.78 is 32.3. The number of hydrogen-bond acceptors (Lipinski definition) is 4. The lowest BCUT2D eigenvalue weighted by Gasteiger charge is -2.09. The maximum absolute atomic E-state index is 12.2. The summed E-state index contributed by atoms with van der Waals surface area (Å²) >= 11 is 0. The average Bonchev–Trinajstić information content (AvgIpc) is 2.74. The Hall–Kier alpha value is -1.66. The number of aromatic nitrogens is 1. The molecule has 1 aromatic heterocycles. The van der Waals surface area contributed by atoms with Crippen molar-refractivity contribution in [1.29, 1.82) is 0 Å². The maximum atomic E-state index is 12.2. The number of nitrogens with zero attached hydrogens (tertiary/aromatic N) is 1. The molecule has 20 heavy (non-hydrogen) atoms. The van der Waals surface area contributed by atoms with E-state index < -0.39 is 10.0 Å². The van der Waals surface area contributed by atoms with E-state index in [0.717, 1.165) is 16.9 Å². The van der Waals surface area contributed by atoms with E-state index in [2.05, 4.69) is 9.71 Å². The molecule has 0 amide bonds. The zero-order valence-electron chi connectivity index (χ0n) is 11.8. The summed E-state index contributed by atoms with van der Waals surface area (Å²) in [5.41, 5.74) is 1.78. The van der Waals surface area contributed by atoms with E-state index in [0.29, 0.717) is 17.2 Å². The SMILES string of the molecule is Cc1ccc(S(=O)(=O)NCCc2ncc(C)o2)c(C)c1. The summed E-state index contributed by atoms with van der Waals surface area (Å²) in [5.74, 6) is 1.25. The number of aryl methyl sites for hydroxylation is 3. The van der Waals surface area contributed by atoms with Crippen LogP contribution in [0, 0.1) is 20.8 Å². The molecule has 6 heteroatoms.